The van der Waals surface area contributed by atoms with Gasteiger partial charge in [0.25, 0.3) is 0 Å². The minimum Gasteiger partial charge on any atom is -0.454 e. The average Bonchev–Trinajstić information content (AvgIpc) is 3.32. The number of carbonyl (C=O) groups is 1. The Labute approximate surface area is 168 Å². The summed E-state index contributed by atoms with van der Waals surface area (Å²) in [4.78, 5) is 21.3. The van der Waals surface area contributed by atoms with Gasteiger partial charge >= 0.3 is 0 Å². The van der Waals surface area contributed by atoms with Gasteiger partial charge in [0.05, 0.1) is 22.8 Å². The first-order chi connectivity index (χ1) is 13.5. The molecule has 2 aromatic carbocycles. The van der Waals surface area contributed by atoms with E-state index < -0.39 is 0 Å². The molecule has 0 aliphatic carbocycles. The zero-order valence-corrected chi connectivity index (χ0v) is 17.0. The molecule has 1 aromatic heterocycles. The number of benzene rings is 2. The van der Waals surface area contributed by atoms with Crippen molar-refractivity contribution in [1.29, 1.82) is 0 Å². The van der Waals surface area contributed by atoms with Gasteiger partial charge in [-0.2, -0.15) is 0 Å². The van der Waals surface area contributed by atoms with Crippen LogP contribution in [0.25, 0.3) is 10.2 Å². The fourth-order valence-electron chi connectivity index (χ4n) is 3.24. The van der Waals surface area contributed by atoms with E-state index in [1.807, 2.05) is 62.3 Å². The summed E-state index contributed by atoms with van der Waals surface area (Å²) in [7, 11) is 3.79. The average molecular weight is 398 g/mol. The third-order valence-corrected chi connectivity index (χ3v) is 6.00. The number of carbonyl (C=O) groups excluding carboxylic acids is 1. The first kappa shape index (κ1) is 18.7. The first-order valence-electron chi connectivity index (χ1n) is 9.19. The number of likely N-dealkylation sites (N-methyl/N-ethyl adjacent to an activating group) is 2. The van der Waals surface area contributed by atoms with Crippen LogP contribution in [0, 0.1) is 0 Å². The molecule has 0 fully saturated rings. The van der Waals surface area contributed by atoms with Crippen molar-refractivity contribution in [2.45, 2.75) is 26.1 Å². The Morgan fingerprint density at radius 1 is 1.14 bits per heavy atom. The Morgan fingerprint density at radius 3 is 2.75 bits per heavy atom. The van der Waals surface area contributed by atoms with Crippen LogP contribution < -0.4 is 9.47 Å². The molecule has 1 amide bonds. The lowest BCUT2D eigenvalue weighted by Gasteiger charge is -2.28. The number of fused-ring (bicyclic) bond motifs is 2. The van der Waals surface area contributed by atoms with Crippen molar-refractivity contribution in [3.63, 3.8) is 0 Å². The van der Waals surface area contributed by atoms with Gasteiger partial charge in [-0.1, -0.05) is 18.2 Å². The number of para-hydroxylation sites is 1. The van der Waals surface area contributed by atoms with Crippen LogP contribution in [0.15, 0.2) is 42.5 Å². The number of rotatable bonds is 6. The topological polar surface area (TPSA) is 54.9 Å². The predicted octanol–water partition coefficient (Wildman–Crippen LogP) is 3.50. The number of thiazole rings is 1. The predicted molar refractivity (Wildman–Crippen MR) is 110 cm³/mol. The summed E-state index contributed by atoms with van der Waals surface area (Å²) in [6.45, 7) is 3.36. The minimum atomic E-state index is -0.246. The highest BCUT2D eigenvalue weighted by molar-refractivity contribution is 7.18. The molecular weight excluding hydrogens is 374 g/mol. The summed E-state index contributed by atoms with van der Waals surface area (Å²) >= 11 is 1.63. The van der Waals surface area contributed by atoms with E-state index in [4.69, 9.17) is 9.47 Å². The van der Waals surface area contributed by atoms with Crippen LogP contribution >= 0.6 is 11.3 Å². The molecule has 0 saturated carbocycles. The number of nitrogens with zero attached hydrogens (tertiary/aromatic N) is 3. The van der Waals surface area contributed by atoms with Crippen LogP contribution in [0.1, 0.15) is 17.5 Å². The third kappa shape index (κ3) is 3.81. The molecule has 0 spiro atoms. The lowest BCUT2D eigenvalue weighted by Crippen LogP contribution is -2.43. The van der Waals surface area contributed by atoms with E-state index >= 15 is 0 Å². The third-order valence-electron chi connectivity index (χ3n) is 4.97. The second-order valence-electron chi connectivity index (χ2n) is 7.05. The largest absolute Gasteiger partial charge is 0.454 e. The maximum absolute atomic E-state index is 12.9. The van der Waals surface area contributed by atoms with Crippen molar-refractivity contribution in [2.75, 3.05) is 20.9 Å². The highest BCUT2D eigenvalue weighted by Crippen LogP contribution is 2.32. The van der Waals surface area contributed by atoms with E-state index in [2.05, 4.69) is 11.1 Å². The van der Waals surface area contributed by atoms with E-state index in [1.54, 1.807) is 16.2 Å². The van der Waals surface area contributed by atoms with Crippen molar-refractivity contribution in [3.8, 4) is 11.5 Å². The van der Waals surface area contributed by atoms with Crippen LogP contribution in [0.3, 0.4) is 0 Å². The van der Waals surface area contributed by atoms with Crippen LogP contribution in [-0.2, 0) is 17.9 Å². The molecule has 1 aliphatic heterocycles. The summed E-state index contributed by atoms with van der Waals surface area (Å²) in [5.74, 6) is 1.60. The molecule has 1 atom stereocenters. The van der Waals surface area contributed by atoms with E-state index in [-0.39, 0.29) is 18.7 Å². The van der Waals surface area contributed by atoms with E-state index in [0.29, 0.717) is 13.1 Å². The van der Waals surface area contributed by atoms with Crippen molar-refractivity contribution in [2.24, 2.45) is 0 Å². The van der Waals surface area contributed by atoms with Crippen molar-refractivity contribution < 1.29 is 14.3 Å². The van der Waals surface area contributed by atoms with E-state index in [1.165, 1.54) is 0 Å². The monoisotopic (exact) mass is 397 g/mol. The smallest absolute Gasteiger partial charge is 0.239 e. The maximum atomic E-state index is 12.9. The number of aromatic nitrogens is 1. The summed E-state index contributed by atoms with van der Waals surface area (Å²) in [5.41, 5.74) is 2.07. The maximum Gasteiger partial charge on any atom is 0.239 e. The van der Waals surface area contributed by atoms with Gasteiger partial charge in [0.15, 0.2) is 11.5 Å². The Balaban J connectivity index is 1.38. The van der Waals surface area contributed by atoms with E-state index in [9.17, 15) is 4.79 Å². The normalized spacial score (nSPS) is 13.9. The molecule has 6 nitrogen and oxygen atoms in total. The first-order valence-corrected chi connectivity index (χ1v) is 10.0. The summed E-state index contributed by atoms with van der Waals surface area (Å²) in [6, 6.07) is 13.7. The molecule has 0 saturated heterocycles. The summed E-state index contributed by atoms with van der Waals surface area (Å²) in [6.07, 6.45) is 0. The molecular formula is C21H23N3O3S. The van der Waals surface area contributed by atoms with E-state index in [0.717, 1.165) is 32.3 Å². The Morgan fingerprint density at radius 2 is 1.93 bits per heavy atom. The summed E-state index contributed by atoms with van der Waals surface area (Å²) in [5, 5.41) is 0.947. The fraction of sp³-hybridized carbons (Fsp3) is 0.333. The zero-order chi connectivity index (χ0) is 19.7. The van der Waals surface area contributed by atoms with Crippen LogP contribution in [0.5, 0.6) is 11.5 Å². The van der Waals surface area contributed by atoms with Crippen molar-refractivity contribution in [3.05, 3.63) is 53.0 Å². The molecule has 0 bridgehead atoms. The highest BCUT2D eigenvalue weighted by Gasteiger charge is 2.23. The van der Waals surface area contributed by atoms with Crippen molar-refractivity contribution in [1.82, 2.24) is 14.8 Å². The minimum absolute atomic E-state index is 0.0718. The van der Waals surface area contributed by atoms with Crippen LogP contribution in [0.4, 0.5) is 0 Å². The molecule has 7 heteroatoms. The van der Waals surface area contributed by atoms with Gasteiger partial charge in [-0.05, 0) is 43.8 Å². The fourth-order valence-corrected chi connectivity index (χ4v) is 4.26. The lowest BCUT2D eigenvalue weighted by molar-refractivity contribution is -0.135. The molecule has 0 radical (unpaired) electrons. The van der Waals surface area contributed by atoms with Gasteiger partial charge in [0.2, 0.25) is 12.7 Å². The van der Waals surface area contributed by atoms with Gasteiger partial charge in [0, 0.05) is 13.6 Å². The molecule has 4 rings (SSSR count). The quantitative estimate of drug-likeness (QED) is 0.637. The van der Waals surface area contributed by atoms with Gasteiger partial charge in [-0.25, -0.2) is 4.98 Å². The Bertz CT molecular complexity index is 970. The highest BCUT2D eigenvalue weighted by atomic mass is 32.1. The Hall–Kier alpha value is -2.64. The van der Waals surface area contributed by atoms with Gasteiger partial charge in [-0.3, -0.25) is 9.69 Å². The van der Waals surface area contributed by atoms with Gasteiger partial charge < -0.3 is 14.4 Å². The number of ether oxygens (including phenoxy) is 2. The second-order valence-corrected chi connectivity index (χ2v) is 8.16. The van der Waals surface area contributed by atoms with Crippen LogP contribution in [-0.4, -0.2) is 47.6 Å². The zero-order valence-electron chi connectivity index (χ0n) is 16.2. The van der Waals surface area contributed by atoms with Gasteiger partial charge in [-0.15, -0.1) is 11.3 Å². The second kappa shape index (κ2) is 7.77. The molecule has 3 aromatic rings. The van der Waals surface area contributed by atoms with Crippen molar-refractivity contribution >= 4 is 27.5 Å². The summed E-state index contributed by atoms with van der Waals surface area (Å²) < 4.78 is 11.9. The molecule has 28 heavy (non-hydrogen) atoms. The molecule has 0 N–H and O–H groups in total. The number of hydrogen-bond donors (Lipinski definition) is 0. The SMILES string of the molecule is CC(C(=O)N(C)Cc1nc2ccccc2s1)N(C)Cc1ccc2c(c1)OCO2. The molecule has 2 heterocycles. The number of hydrogen-bond acceptors (Lipinski definition) is 6. The number of amides is 1. The lowest BCUT2D eigenvalue weighted by atomic mass is 10.1. The molecule has 146 valence electrons. The molecule has 1 unspecified atom stereocenters. The van der Waals surface area contributed by atoms with Crippen LogP contribution in [0.2, 0.25) is 0 Å². The Kier molecular flexibility index (Phi) is 5.19. The molecule has 1 aliphatic rings. The standard InChI is InChI=1S/C21H23N3O3S/c1-14(23(2)11-15-8-9-17-18(10-15)27-13-26-17)21(25)24(3)12-20-22-16-6-4-5-7-19(16)28-20/h4-10,14H,11-13H2,1-3H3. The van der Waals surface area contributed by atoms with Gasteiger partial charge in [0.1, 0.15) is 5.01 Å².